The maximum Gasteiger partial charge on any atom is 0.275 e. The van der Waals surface area contributed by atoms with Crippen molar-refractivity contribution in [1.82, 2.24) is 5.43 Å². The van der Waals surface area contributed by atoms with Crippen LogP contribution < -0.4 is 19.6 Å². The molecule has 0 saturated carbocycles. The minimum Gasteiger partial charge on any atom is -0.507 e. The fourth-order valence-corrected chi connectivity index (χ4v) is 2.69. The molecule has 0 radical (unpaired) electrons. The molecule has 0 heterocycles. The van der Waals surface area contributed by atoms with E-state index in [1.165, 1.54) is 39.7 Å². The number of benzene rings is 2. The Morgan fingerprint density at radius 1 is 1.16 bits per heavy atom. The van der Waals surface area contributed by atoms with Gasteiger partial charge in [-0.3, -0.25) is 4.79 Å². The molecule has 132 valence electrons. The largest absolute Gasteiger partial charge is 0.507 e. The minimum atomic E-state index is -0.545. The van der Waals surface area contributed by atoms with Gasteiger partial charge in [0.15, 0.2) is 11.5 Å². The van der Waals surface area contributed by atoms with Crippen molar-refractivity contribution in [2.24, 2.45) is 5.10 Å². The number of amides is 1. The molecular weight excluding hydrogens is 392 g/mol. The molecule has 0 aliphatic rings. The van der Waals surface area contributed by atoms with E-state index in [0.717, 1.165) is 0 Å². The Balaban J connectivity index is 2.13. The first kappa shape index (κ1) is 18.6. The topological polar surface area (TPSA) is 89.4 Å². The van der Waals surface area contributed by atoms with E-state index in [0.29, 0.717) is 27.3 Å². The van der Waals surface area contributed by atoms with Crippen LogP contribution >= 0.6 is 15.9 Å². The molecule has 0 aliphatic heterocycles. The number of nitrogens with one attached hydrogen (secondary N) is 1. The van der Waals surface area contributed by atoms with Crippen LogP contribution in [0.2, 0.25) is 0 Å². The van der Waals surface area contributed by atoms with Gasteiger partial charge in [0, 0.05) is 6.07 Å². The molecule has 0 atom stereocenters. The summed E-state index contributed by atoms with van der Waals surface area (Å²) in [6.45, 7) is 0. The van der Waals surface area contributed by atoms with Gasteiger partial charge in [0.2, 0.25) is 0 Å². The molecule has 2 aromatic rings. The Hall–Kier alpha value is -2.74. The number of hydrogen-bond donors (Lipinski definition) is 2. The highest BCUT2D eigenvalue weighted by atomic mass is 79.9. The van der Waals surface area contributed by atoms with E-state index >= 15 is 0 Å². The third-order valence-corrected chi connectivity index (χ3v) is 3.87. The standard InChI is InChI=1S/C17H17BrN2O5/c1-23-11-4-5-12(14(21)8-11)17(22)20-19-9-10-6-13(18)16(25-3)15(7-10)24-2/h4-9,21H,1-3H3,(H,20,22)/b19-9-. The van der Waals surface area contributed by atoms with Crippen molar-refractivity contribution in [3.8, 4) is 23.0 Å². The summed E-state index contributed by atoms with van der Waals surface area (Å²) in [6.07, 6.45) is 1.45. The smallest absolute Gasteiger partial charge is 0.275 e. The highest BCUT2D eigenvalue weighted by Crippen LogP contribution is 2.35. The first-order valence-corrected chi connectivity index (χ1v) is 7.91. The summed E-state index contributed by atoms with van der Waals surface area (Å²) in [5, 5.41) is 13.7. The van der Waals surface area contributed by atoms with E-state index in [9.17, 15) is 9.90 Å². The monoisotopic (exact) mass is 408 g/mol. The summed E-state index contributed by atoms with van der Waals surface area (Å²) in [4.78, 5) is 12.1. The van der Waals surface area contributed by atoms with Crippen molar-refractivity contribution in [2.75, 3.05) is 21.3 Å². The number of methoxy groups -OCH3 is 3. The van der Waals surface area contributed by atoms with E-state index in [4.69, 9.17) is 14.2 Å². The molecule has 0 fully saturated rings. The Bertz CT molecular complexity index is 808. The molecular formula is C17H17BrN2O5. The van der Waals surface area contributed by atoms with Crippen LogP contribution in [0.1, 0.15) is 15.9 Å². The van der Waals surface area contributed by atoms with Crippen molar-refractivity contribution in [1.29, 1.82) is 0 Å². The van der Waals surface area contributed by atoms with Gasteiger partial charge >= 0.3 is 0 Å². The highest BCUT2D eigenvalue weighted by molar-refractivity contribution is 9.10. The van der Waals surface area contributed by atoms with Crippen LogP contribution in [-0.2, 0) is 0 Å². The number of hydrazone groups is 1. The molecule has 0 aliphatic carbocycles. The summed E-state index contributed by atoms with van der Waals surface area (Å²) in [5.41, 5.74) is 3.13. The number of phenols is 1. The quantitative estimate of drug-likeness (QED) is 0.566. The molecule has 2 N–H and O–H groups in total. The van der Waals surface area contributed by atoms with Gasteiger partial charge in [-0.15, -0.1) is 0 Å². The lowest BCUT2D eigenvalue weighted by Crippen LogP contribution is -2.17. The van der Waals surface area contributed by atoms with Crippen molar-refractivity contribution in [3.05, 3.63) is 45.9 Å². The van der Waals surface area contributed by atoms with Gasteiger partial charge in [-0.2, -0.15) is 5.10 Å². The fourth-order valence-electron chi connectivity index (χ4n) is 2.07. The maximum absolute atomic E-state index is 12.1. The van der Waals surface area contributed by atoms with Crippen molar-refractivity contribution in [2.45, 2.75) is 0 Å². The summed E-state index contributed by atoms with van der Waals surface area (Å²) < 4.78 is 16.1. The molecule has 1 amide bonds. The van der Waals surface area contributed by atoms with Gasteiger partial charge in [-0.1, -0.05) is 0 Å². The van der Waals surface area contributed by atoms with E-state index in [1.54, 1.807) is 18.2 Å². The SMILES string of the molecule is COc1ccc(C(=O)N/N=C\c2cc(Br)c(OC)c(OC)c2)c(O)c1. The van der Waals surface area contributed by atoms with Gasteiger partial charge in [-0.25, -0.2) is 5.43 Å². The summed E-state index contributed by atoms with van der Waals surface area (Å²) in [6, 6.07) is 7.85. The van der Waals surface area contributed by atoms with Crippen LogP contribution in [0.4, 0.5) is 0 Å². The average molecular weight is 409 g/mol. The van der Waals surface area contributed by atoms with Crippen LogP contribution in [0.15, 0.2) is 39.9 Å². The first-order chi connectivity index (χ1) is 12.0. The van der Waals surface area contributed by atoms with Crippen LogP contribution in [0, 0.1) is 0 Å². The van der Waals surface area contributed by atoms with Gasteiger partial charge < -0.3 is 19.3 Å². The zero-order valence-corrected chi connectivity index (χ0v) is 15.5. The second kappa shape index (κ2) is 8.39. The average Bonchev–Trinajstić information content (AvgIpc) is 2.60. The molecule has 0 bridgehead atoms. The Morgan fingerprint density at radius 3 is 2.52 bits per heavy atom. The first-order valence-electron chi connectivity index (χ1n) is 7.12. The summed E-state index contributed by atoms with van der Waals surface area (Å²) in [7, 11) is 4.54. The maximum atomic E-state index is 12.1. The number of carbonyl (C=O) groups excluding carboxylic acids is 1. The Morgan fingerprint density at radius 2 is 1.92 bits per heavy atom. The number of carbonyl (C=O) groups is 1. The molecule has 25 heavy (non-hydrogen) atoms. The molecule has 2 rings (SSSR count). The predicted molar refractivity (Wildman–Crippen MR) is 97.0 cm³/mol. The van der Waals surface area contributed by atoms with Crippen molar-refractivity contribution >= 4 is 28.1 Å². The molecule has 7 nitrogen and oxygen atoms in total. The highest BCUT2D eigenvalue weighted by Gasteiger charge is 2.12. The summed E-state index contributed by atoms with van der Waals surface area (Å²) in [5.74, 6) is 0.800. The van der Waals surface area contributed by atoms with E-state index in [2.05, 4.69) is 26.5 Å². The van der Waals surface area contributed by atoms with E-state index < -0.39 is 5.91 Å². The fraction of sp³-hybridized carbons (Fsp3) is 0.176. The number of rotatable bonds is 6. The van der Waals surface area contributed by atoms with Crippen LogP contribution in [0.3, 0.4) is 0 Å². The van der Waals surface area contributed by atoms with Crippen LogP contribution in [0.5, 0.6) is 23.0 Å². The molecule has 0 saturated heterocycles. The molecule has 0 aromatic heterocycles. The normalized spacial score (nSPS) is 10.6. The summed E-state index contributed by atoms with van der Waals surface area (Å²) >= 11 is 3.38. The number of hydrogen-bond acceptors (Lipinski definition) is 6. The Kier molecular flexibility index (Phi) is 6.24. The minimum absolute atomic E-state index is 0.0893. The zero-order valence-electron chi connectivity index (χ0n) is 13.9. The number of nitrogens with zero attached hydrogens (tertiary/aromatic N) is 1. The van der Waals surface area contributed by atoms with Gasteiger partial charge in [0.05, 0.1) is 37.6 Å². The zero-order chi connectivity index (χ0) is 18.4. The third-order valence-electron chi connectivity index (χ3n) is 3.29. The third kappa shape index (κ3) is 4.42. The van der Waals surface area contributed by atoms with Crippen molar-refractivity contribution < 1.29 is 24.1 Å². The van der Waals surface area contributed by atoms with Crippen LogP contribution in [-0.4, -0.2) is 38.6 Å². The van der Waals surface area contributed by atoms with Gasteiger partial charge in [0.1, 0.15) is 11.5 Å². The van der Waals surface area contributed by atoms with Gasteiger partial charge in [-0.05, 0) is 45.8 Å². The lowest BCUT2D eigenvalue weighted by atomic mass is 10.2. The Labute approximate surface area is 153 Å². The van der Waals surface area contributed by atoms with Crippen LogP contribution in [0.25, 0.3) is 0 Å². The van der Waals surface area contributed by atoms with E-state index in [-0.39, 0.29) is 11.3 Å². The molecule has 8 heteroatoms. The lowest BCUT2D eigenvalue weighted by molar-refractivity contribution is 0.0952. The molecule has 2 aromatic carbocycles. The van der Waals surface area contributed by atoms with Crippen molar-refractivity contribution in [3.63, 3.8) is 0 Å². The number of halogens is 1. The number of ether oxygens (including phenoxy) is 3. The second-order valence-electron chi connectivity index (χ2n) is 4.82. The predicted octanol–water partition coefficient (Wildman–Crippen LogP) is 2.94. The lowest BCUT2D eigenvalue weighted by Gasteiger charge is -2.10. The number of aromatic hydroxyl groups is 1. The van der Waals surface area contributed by atoms with E-state index in [1.807, 2.05) is 0 Å². The molecule has 0 spiro atoms. The molecule has 0 unspecified atom stereocenters. The second-order valence-corrected chi connectivity index (χ2v) is 5.67. The number of phenolic OH excluding ortho intramolecular Hbond substituents is 1. The van der Waals surface area contributed by atoms with Gasteiger partial charge in [0.25, 0.3) is 5.91 Å².